The molecule has 1 amide bonds. The fourth-order valence-electron chi connectivity index (χ4n) is 3.19. The van der Waals surface area contributed by atoms with E-state index in [4.69, 9.17) is 4.74 Å². The number of hydrogen-bond acceptors (Lipinski definition) is 4. The van der Waals surface area contributed by atoms with Crippen molar-refractivity contribution in [3.05, 3.63) is 89.0 Å². The van der Waals surface area contributed by atoms with Crippen LogP contribution in [0.15, 0.2) is 66.7 Å². The average Bonchev–Trinajstić information content (AvgIpc) is 2.75. The average molecular weight is 453 g/mol. The Bertz CT molecular complexity index is 1190. The van der Waals surface area contributed by atoms with Crippen molar-refractivity contribution in [2.24, 2.45) is 0 Å². The number of nitrogens with one attached hydrogen (secondary N) is 1. The van der Waals surface area contributed by atoms with Crippen molar-refractivity contribution in [2.75, 3.05) is 22.5 Å². The van der Waals surface area contributed by atoms with E-state index in [1.165, 1.54) is 10.6 Å². The molecule has 6 nitrogen and oxygen atoms in total. The van der Waals surface area contributed by atoms with Gasteiger partial charge in [-0.1, -0.05) is 42.0 Å². The van der Waals surface area contributed by atoms with Gasteiger partial charge in [0.1, 0.15) is 5.75 Å². The standard InChI is InChI=1S/C25H28N2O4S/c1-18-8-10-21(11-9-18)16-27(32(4,29)30)22-12-14-23(15-13-22)31-17-25(28)26-24-7-5-6-19(2)20(24)3/h5-15H,16-17H2,1-4H3,(H,26,28). The second-order valence-corrected chi connectivity index (χ2v) is 9.74. The van der Waals surface area contributed by atoms with Gasteiger partial charge in [-0.3, -0.25) is 9.10 Å². The Kier molecular flexibility index (Phi) is 7.20. The number of anilines is 2. The molecule has 0 saturated carbocycles. The number of carbonyl (C=O) groups is 1. The monoisotopic (exact) mass is 452 g/mol. The van der Waals surface area contributed by atoms with Crippen molar-refractivity contribution >= 4 is 27.3 Å². The molecule has 3 rings (SSSR count). The van der Waals surface area contributed by atoms with E-state index in [0.717, 1.165) is 27.9 Å². The molecular weight excluding hydrogens is 424 g/mol. The lowest BCUT2D eigenvalue weighted by Gasteiger charge is -2.23. The second-order valence-electron chi connectivity index (χ2n) is 7.83. The van der Waals surface area contributed by atoms with E-state index in [0.29, 0.717) is 11.4 Å². The molecule has 0 heterocycles. The molecular formula is C25H28N2O4S. The van der Waals surface area contributed by atoms with Gasteiger partial charge in [-0.25, -0.2) is 8.42 Å². The van der Waals surface area contributed by atoms with Gasteiger partial charge in [0.2, 0.25) is 10.0 Å². The first-order valence-corrected chi connectivity index (χ1v) is 12.1. The minimum absolute atomic E-state index is 0.147. The SMILES string of the molecule is Cc1ccc(CN(c2ccc(OCC(=O)Nc3cccc(C)c3C)cc2)S(C)(=O)=O)cc1. The van der Waals surface area contributed by atoms with Crippen LogP contribution in [0.25, 0.3) is 0 Å². The highest BCUT2D eigenvalue weighted by molar-refractivity contribution is 7.92. The third-order valence-corrected chi connectivity index (χ3v) is 6.36. The van der Waals surface area contributed by atoms with Crippen LogP contribution in [0.3, 0.4) is 0 Å². The molecule has 0 saturated heterocycles. The molecule has 0 unspecified atom stereocenters. The van der Waals surface area contributed by atoms with E-state index in [1.54, 1.807) is 24.3 Å². The third-order valence-electron chi connectivity index (χ3n) is 5.22. The van der Waals surface area contributed by atoms with Crippen LogP contribution in [0.5, 0.6) is 5.75 Å². The molecule has 168 valence electrons. The molecule has 0 aliphatic carbocycles. The highest BCUT2D eigenvalue weighted by Gasteiger charge is 2.18. The summed E-state index contributed by atoms with van der Waals surface area (Å²) in [7, 11) is -3.48. The minimum atomic E-state index is -3.48. The van der Waals surface area contributed by atoms with Crippen molar-refractivity contribution in [3.63, 3.8) is 0 Å². The first kappa shape index (κ1) is 23.3. The zero-order valence-corrected chi connectivity index (χ0v) is 19.6. The number of nitrogens with zero attached hydrogens (tertiary/aromatic N) is 1. The summed E-state index contributed by atoms with van der Waals surface area (Å²) < 4.78 is 31.7. The second kappa shape index (κ2) is 9.87. The van der Waals surface area contributed by atoms with Crippen LogP contribution < -0.4 is 14.4 Å². The van der Waals surface area contributed by atoms with Gasteiger partial charge >= 0.3 is 0 Å². The number of hydrogen-bond donors (Lipinski definition) is 1. The van der Waals surface area contributed by atoms with Crippen LogP contribution in [0.2, 0.25) is 0 Å². The number of carbonyl (C=O) groups excluding carboxylic acids is 1. The highest BCUT2D eigenvalue weighted by atomic mass is 32.2. The Hall–Kier alpha value is -3.32. The van der Waals surface area contributed by atoms with Gasteiger partial charge in [-0.2, -0.15) is 0 Å². The lowest BCUT2D eigenvalue weighted by molar-refractivity contribution is -0.118. The van der Waals surface area contributed by atoms with E-state index < -0.39 is 10.0 Å². The molecule has 0 fully saturated rings. The molecule has 0 atom stereocenters. The predicted molar refractivity (Wildman–Crippen MR) is 129 cm³/mol. The highest BCUT2D eigenvalue weighted by Crippen LogP contribution is 2.24. The number of sulfonamides is 1. The number of ether oxygens (including phenoxy) is 1. The number of benzene rings is 3. The molecule has 32 heavy (non-hydrogen) atoms. The summed E-state index contributed by atoms with van der Waals surface area (Å²) in [5.74, 6) is 0.216. The van der Waals surface area contributed by atoms with Crippen LogP contribution >= 0.6 is 0 Å². The van der Waals surface area contributed by atoms with Gasteiger partial charge in [0.15, 0.2) is 6.61 Å². The number of aryl methyl sites for hydroxylation is 2. The van der Waals surface area contributed by atoms with Crippen LogP contribution in [0.4, 0.5) is 11.4 Å². The van der Waals surface area contributed by atoms with Gasteiger partial charge in [0.05, 0.1) is 18.5 Å². The maximum atomic E-state index is 12.4. The Labute approximate surface area is 189 Å². The van der Waals surface area contributed by atoms with Crippen molar-refractivity contribution < 1.29 is 17.9 Å². The summed E-state index contributed by atoms with van der Waals surface area (Å²) in [5.41, 5.74) is 5.40. The van der Waals surface area contributed by atoms with Gasteiger partial charge < -0.3 is 10.1 Å². The van der Waals surface area contributed by atoms with Crippen molar-refractivity contribution in [1.29, 1.82) is 0 Å². The summed E-state index contributed by atoms with van der Waals surface area (Å²) in [4.78, 5) is 12.3. The van der Waals surface area contributed by atoms with E-state index in [1.807, 2.05) is 63.2 Å². The first-order valence-electron chi connectivity index (χ1n) is 10.3. The molecule has 0 aromatic heterocycles. The molecule has 0 radical (unpaired) electrons. The summed E-state index contributed by atoms with van der Waals surface area (Å²) in [6.07, 6.45) is 1.18. The van der Waals surface area contributed by atoms with Gasteiger partial charge in [-0.15, -0.1) is 0 Å². The normalized spacial score (nSPS) is 11.1. The summed E-state index contributed by atoms with van der Waals surface area (Å²) in [5, 5.41) is 2.85. The fraction of sp³-hybridized carbons (Fsp3) is 0.240. The van der Waals surface area contributed by atoms with Crippen LogP contribution in [-0.2, 0) is 21.4 Å². The Morgan fingerprint density at radius 2 is 1.59 bits per heavy atom. The molecule has 1 N–H and O–H groups in total. The Morgan fingerprint density at radius 3 is 2.22 bits per heavy atom. The minimum Gasteiger partial charge on any atom is -0.484 e. The largest absolute Gasteiger partial charge is 0.484 e. The van der Waals surface area contributed by atoms with Gasteiger partial charge in [0.25, 0.3) is 5.91 Å². The van der Waals surface area contributed by atoms with Crippen molar-refractivity contribution in [1.82, 2.24) is 0 Å². The zero-order valence-electron chi connectivity index (χ0n) is 18.8. The van der Waals surface area contributed by atoms with Gasteiger partial charge in [-0.05, 0) is 67.8 Å². The quantitative estimate of drug-likeness (QED) is 0.542. The topological polar surface area (TPSA) is 75.7 Å². The molecule has 7 heteroatoms. The van der Waals surface area contributed by atoms with Crippen molar-refractivity contribution in [3.8, 4) is 5.75 Å². The fourth-order valence-corrected chi connectivity index (χ4v) is 4.08. The van der Waals surface area contributed by atoms with Crippen molar-refractivity contribution in [2.45, 2.75) is 27.3 Å². The van der Waals surface area contributed by atoms with Gasteiger partial charge in [0, 0.05) is 5.69 Å². The zero-order chi connectivity index (χ0) is 23.3. The maximum Gasteiger partial charge on any atom is 0.262 e. The Morgan fingerprint density at radius 1 is 0.938 bits per heavy atom. The van der Waals surface area contributed by atoms with E-state index in [-0.39, 0.29) is 19.1 Å². The van der Waals surface area contributed by atoms with E-state index in [9.17, 15) is 13.2 Å². The molecule has 3 aromatic carbocycles. The first-order chi connectivity index (χ1) is 15.1. The van der Waals surface area contributed by atoms with Crippen LogP contribution in [0, 0.1) is 20.8 Å². The Balaban J connectivity index is 1.65. The maximum absolute atomic E-state index is 12.4. The summed E-state index contributed by atoms with van der Waals surface area (Å²) >= 11 is 0. The number of rotatable bonds is 8. The lowest BCUT2D eigenvalue weighted by atomic mass is 10.1. The molecule has 0 aliphatic heterocycles. The molecule has 3 aromatic rings. The van der Waals surface area contributed by atoms with E-state index in [2.05, 4.69) is 5.32 Å². The van der Waals surface area contributed by atoms with Crippen LogP contribution in [0.1, 0.15) is 22.3 Å². The summed E-state index contributed by atoms with van der Waals surface area (Å²) in [6, 6.07) is 20.1. The lowest BCUT2D eigenvalue weighted by Crippen LogP contribution is -2.29. The molecule has 0 aliphatic rings. The van der Waals surface area contributed by atoms with E-state index >= 15 is 0 Å². The third kappa shape index (κ3) is 6.11. The summed E-state index contributed by atoms with van der Waals surface area (Å²) in [6.45, 7) is 6.01. The number of amides is 1. The molecule has 0 bridgehead atoms. The smallest absolute Gasteiger partial charge is 0.262 e. The molecule has 0 spiro atoms. The van der Waals surface area contributed by atoms with Crippen LogP contribution in [-0.4, -0.2) is 27.2 Å². The predicted octanol–water partition coefficient (Wildman–Crippen LogP) is 4.60.